The molecular weight excluding hydrogens is 322 g/mol. The number of carbonyl (C=O) groups excluding carboxylic acids is 1. The van der Waals surface area contributed by atoms with Gasteiger partial charge in [-0.05, 0) is 6.07 Å². The molecule has 0 unspecified atom stereocenters. The van der Waals surface area contributed by atoms with Crippen molar-refractivity contribution in [1.29, 1.82) is 0 Å². The van der Waals surface area contributed by atoms with Crippen LogP contribution in [-0.4, -0.2) is 47.4 Å². The molecule has 3 heterocycles. The average Bonchev–Trinajstić information content (AvgIpc) is 3.28. The van der Waals surface area contributed by atoms with Crippen LogP contribution in [0.1, 0.15) is 49.1 Å². The molecular formula is C18H21N3O4. The third kappa shape index (κ3) is 2.89. The Balaban J connectivity index is 1.60. The molecule has 2 aliphatic rings. The van der Waals surface area contributed by atoms with Crippen molar-refractivity contribution >= 4 is 5.91 Å². The number of fused-ring (bicyclic) bond motifs is 1. The minimum Gasteiger partial charge on any atom is -0.492 e. The van der Waals surface area contributed by atoms with Crippen molar-refractivity contribution in [3.63, 3.8) is 0 Å². The van der Waals surface area contributed by atoms with E-state index in [1.807, 2.05) is 38.1 Å². The van der Waals surface area contributed by atoms with Crippen molar-refractivity contribution in [3.05, 3.63) is 41.6 Å². The smallest absolute Gasteiger partial charge is 0.241 e. The number of para-hydroxylation sites is 1. The van der Waals surface area contributed by atoms with Gasteiger partial charge >= 0.3 is 0 Å². The second-order valence-electron chi connectivity index (χ2n) is 6.66. The Morgan fingerprint density at radius 3 is 2.88 bits per heavy atom. The van der Waals surface area contributed by atoms with Crippen LogP contribution in [0.3, 0.4) is 0 Å². The number of nitrogens with zero attached hydrogens (tertiary/aromatic N) is 3. The van der Waals surface area contributed by atoms with Crippen molar-refractivity contribution in [2.75, 3.05) is 26.4 Å². The summed E-state index contributed by atoms with van der Waals surface area (Å²) in [7, 11) is 0. The molecule has 7 nitrogen and oxygen atoms in total. The number of rotatable bonds is 3. The maximum atomic E-state index is 13.2. The van der Waals surface area contributed by atoms with Crippen LogP contribution < -0.4 is 4.74 Å². The summed E-state index contributed by atoms with van der Waals surface area (Å²) in [5, 5.41) is 8.23. The van der Waals surface area contributed by atoms with Gasteiger partial charge < -0.3 is 18.8 Å². The second kappa shape index (κ2) is 6.48. The van der Waals surface area contributed by atoms with E-state index >= 15 is 0 Å². The lowest BCUT2D eigenvalue weighted by molar-refractivity contribution is -0.143. The normalized spacial score (nSPS) is 22.8. The van der Waals surface area contributed by atoms with Gasteiger partial charge in [-0.15, -0.1) is 10.2 Å². The first-order chi connectivity index (χ1) is 12.1. The molecule has 0 saturated carbocycles. The van der Waals surface area contributed by atoms with Crippen LogP contribution in [0.4, 0.5) is 0 Å². The number of morpholine rings is 1. The zero-order valence-corrected chi connectivity index (χ0v) is 14.3. The predicted molar refractivity (Wildman–Crippen MR) is 88.3 cm³/mol. The highest BCUT2D eigenvalue weighted by Gasteiger charge is 2.39. The van der Waals surface area contributed by atoms with Crippen molar-refractivity contribution in [1.82, 2.24) is 15.1 Å². The molecule has 7 heteroatoms. The second-order valence-corrected chi connectivity index (χ2v) is 6.66. The fourth-order valence-electron chi connectivity index (χ4n) is 3.25. The molecule has 2 aromatic rings. The molecule has 0 spiro atoms. The summed E-state index contributed by atoms with van der Waals surface area (Å²) in [4.78, 5) is 15.0. The summed E-state index contributed by atoms with van der Waals surface area (Å²) in [5.41, 5.74) is 0.936. The minimum atomic E-state index is -0.353. The Hall–Kier alpha value is -2.41. The first kappa shape index (κ1) is 16.1. The quantitative estimate of drug-likeness (QED) is 0.851. The van der Waals surface area contributed by atoms with Gasteiger partial charge in [-0.3, -0.25) is 4.79 Å². The van der Waals surface area contributed by atoms with Crippen LogP contribution in [0.15, 0.2) is 28.7 Å². The number of ether oxygens (including phenoxy) is 2. The van der Waals surface area contributed by atoms with E-state index in [2.05, 4.69) is 10.2 Å². The summed E-state index contributed by atoms with van der Waals surface area (Å²) < 4.78 is 17.0. The van der Waals surface area contributed by atoms with E-state index in [-0.39, 0.29) is 23.8 Å². The molecule has 4 rings (SSSR count). The maximum absolute atomic E-state index is 13.2. The monoisotopic (exact) mass is 343 g/mol. The molecule has 1 saturated heterocycles. The lowest BCUT2D eigenvalue weighted by Gasteiger charge is -2.34. The zero-order chi connectivity index (χ0) is 17.4. The highest BCUT2D eigenvalue weighted by molar-refractivity contribution is 5.86. The van der Waals surface area contributed by atoms with E-state index in [0.717, 1.165) is 11.3 Å². The fourth-order valence-corrected chi connectivity index (χ4v) is 3.25. The Morgan fingerprint density at radius 2 is 2.08 bits per heavy atom. The fraction of sp³-hybridized carbons (Fsp3) is 0.500. The highest BCUT2D eigenvalue weighted by Crippen LogP contribution is 2.37. The molecule has 1 amide bonds. The predicted octanol–water partition coefficient (Wildman–Crippen LogP) is 2.27. The number of hydrogen-bond donors (Lipinski definition) is 0. The number of aromatic nitrogens is 2. The van der Waals surface area contributed by atoms with Crippen molar-refractivity contribution < 1.29 is 18.7 Å². The zero-order valence-electron chi connectivity index (χ0n) is 14.3. The Bertz CT molecular complexity index is 773. The van der Waals surface area contributed by atoms with Gasteiger partial charge in [0.15, 0.2) is 0 Å². The van der Waals surface area contributed by atoms with E-state index in [9.17, 15) is 4.79 Å². The standard InChI is InChI=1S/C18H21N3O4/c1-11(2)16-19-20-17(25-16)14-10-23-8-7-21(14)18(22)13-9-24-15-6-4-3-5-12(13)15/h3-6,11,13-14H,7-10H2,1-2H3/t13-,14-/m0/s1. The molecule has 132 valence electrons. The first-order valence-electron chi connectivity index (χ1n) is 8.58. The maximum Gasteiger partial charge on any atom is 0.241 e. The van der Waals surface area contributed by atoms with E-state index in [4.69, 9.17) is 13.9 Å². The lowest BCUT2D eigenvalue weighted by Crippen LogP contribution is -2.45. The lowest BCUT2D eigenvalue weighted by atomic mass is 9.98. The summed E-state index contributed by atoms with van der Waals surface area (Å²) >= 11 is 0. The summed E-state index contributed by atoms with van der Waals surface area (Å²) in [6.45, 7) is 5.71. The van der Waals surface area contributed by atoms with Gasteiger partial charge in [0.1, 0.15) is 24.3 Å². The Morgan fingerprint density at radius 1 is 1.24 bits per heavy atom. The van der Waals surface area contributed by atoms with Gasteiger partial charge in [0.05, 0.1) is 13.2 Å². The van der Waals surface area contributed by atoms with Crippen LogP contribution in [0.5, 0.6) is 5.75 Å². The number of benzene rings is 1. The molecule has 0 radical (unpaired) electrons. The van der Waals surface area contributed by atoms with Gasteiger partial charge in [-0.2, -0.15) is 0 Å². The van der Waals surface area contributed by atoms with Crippen molar-refractivity contribution in [2.24, 2.45) is 0 Å². The molecule has 1 aromatic heterocycles. The summed E-state index contributed by atoms with van der Waals surface area (Å²) in [6.07, 6.45) is 0. The minimum absolute atomic E-state index is 0.0162. The SMILES string of the molecule is CC(C)c1nnc([C@@H]2COCCN2C(=O)[C@H]2COc3ccccc32)o1. The summed E-state index contributed by atoms with van der Waals surface area (Å²) in [5.74, 6) is 1.65. The number of carbonyl (C=O) groups is 1. The van der Waals surface area contributed by atoms with Crippen LogP contribution in [-0.2, 0) is 9.53 Å². The van der Waals surface area contributed by atoms with E-state index in [1.54, 1.807) is 4.90 Å². The van der Waals surface area contributed by atoms with Crippen molar-refractivity contribution in [2.45, 2.75) is 31.7 Å². The van der Waals surface area contributed by atoms with E-state index < -0.39 is 0 Å². The van der Waals surface area contributed by atoms with Gasteiger partial charge in [-0.25, -0.2) is 0 Å². The van der Waals surface area contributed by atoms with Crippen LogP contribution in [0.25, 0.3) is 0 Å². The van der Waals surface area contributed by atoms with Crippen LogP contribution in [0, 0.1) is 0 Å². The molecule has 1 fully saturated rings. The topological polar surface area (TPSA) is 77.7 Å². The average molecular weight is 343 g/mol. The first-order valence-corrected chi connectivity index (χ1v) is 8.58. The van der Waals surface area contributed by atoms with Gasteiger partial charge in [0.25, 0.3) is 0 Å². The highest BCUT2D eigenvalue weighted by atomic mass is 16.5. The number of hydrogen-bond acceptors (Lipinski definition) is 6. The van der Waals surface area contributed by atoms with Gasteiger partial charge in [-0.1, -0.05) is 32.0 Å². The number of amides is 1. The van der Waals surface area contributed by atoms with Crippen LogP contribution >= 0.6 is 0 Å². The van der Waals surface area contributed by atoms with Gasteiger partial charge in [0.2, 0.25) is 17.7 Å². The summed E-state index contributed by atoms with van der Waals surface area (Å²) in [6, 6.07) is 7.33. The third-order valence-corrected chi connectivity index (χ3v) is 4.64. The molecule has 1 aromatic carbocycles. The molecule has 25 heavy (non-hydrogen) atoms. The van der Waals surface area contributed by atoms with E-state index in [1.165, 1.54) is 0 Å². The molecule has 0 aliphatic carbocycles. The Kier molecular flexibility index (Phi) is 4.17. The molecule has 2 aliphatic heterocycles. The van der Waals surface area contributed by atoms with Gasteiger partial charge in [0, 0.05) is 18.0 Å². The van der Waals surface area contributed by atoms with Crippen LogP contribution in [0.2, 0.25) is 0 Å². The molecule has 2 atom stereocenters. The van der Waals surface area contributed by atoms with E-state index in [0.29, 0.717) is 38.1 Å². The Labute approximate surface area is 145 Å². The van der Waals surface area contributed by atoms with Crippen molar-refractivity contribution in [3.8, 4) is 5.75 Å². The third-order valence-electron chi connectivity index (χ3n) is 4.64. The largest absolute Gasteiger partial charge is 0.492 e. The molecule has 0 bridgehead atoms. The molecule has 0 N–H and O–H groups in total.